The highest BCUT2D eigenvalue weighted by Crippen LogP contribution is 2.25. The van der Waals surface area contributed by atoms with Gasteiger partial charge in [-0.3, -0.25) is 25.3 Å². The molecule has 0 radical (unpaired) electrons. The van der Waals surface area contributed by atoms with Gasteiger partial charge in [0.25, 0.3) is 5.91 Å². The molecule has 1 aliphatic heterocycles. The van der Waals surface area contributed by atoms with Crippen LogP contribution in [0, 0.1) is 0 Å². The Kier molecular flexibility index (Phi) is 7.04. The van der Waals surface area contributed by atoms with E-state index in [2.05, 4.69) is 51.0 Å². The SMILES string of the molecule is O=C(CCN1CCN(c2ccccc2)CC1)NNC(=O)COc1ccc2c(c1)CCC2. The Balaban J connectivity index is 1.10. The molecule has 164 valence electrons. The summed E-state index contributed by atoms with van der Waals surface area (Å²) >= 11 is 0. The number of carbonyl (C=O) groups excluding carboxylic acids is 2. The van der Waals surface area contributed by atoms with Gasteiger partial charge in [-0.15, -0.1) is 0 Å². The van der Waals surface area contributed by atoms with E-state index >= 15 is 0 Å². The van der Waals surface area contributed by atoms with E-state index in [1.54, 1.807) is 0 Å². The van der Waals surface area contributed by atoms with Crippen LogP contribution in [0.1, 0.15) is 24.0 Å². The molecule has 2 aliphatic rings. The van der Waals surface area contributed by atoms with Crippen molar-refractivity contribution in [1.29, 1.82) is 0 Å². The van der Waals surface area contributed by atoms with Crippen LogP contribution >= 0.6 is 0 Å². The first-order valence-corrected chi connectivity index (χ1v) is 11.0. The minimum Gasteiger partial charge on any atom is -0.484 e. The molecule has 1 heterocycles. The van der Waals surface area contributed by atoms with Crippen molar-refractivity contribution in [2.45, 2.75) is 25.7 Å². The number of hydrogen-bond donors (Lipinski definition) is 2. The molecule has 2 aromatic rings. The summed E-state index contributed by atoms with van der Waals surface area (Å²) in [6, 6.07) is 16.3. The van der Waals surface area contributed by atoms with Crippen LogP contribution in [-0.4, -0.2) is 56.0 Å². The molecular weight excluding hydrogens is 392 g/mol. The fraction of sp³-hybridized carbons (Fsp3) is 0.417. The molecule has 0 saturated carbocycles. The van der Waals surface area contributed by atoms with Crippen molar-refractivity contribution in [2.75, 3.05) is 44.2 Å². The second kappa shape index (κ2) is 10.3. The number of aryl methyl sites for hydroxylation is 2. The maximum absolute atomic E-state index is 12.1. The summed E-state index contributed by atoms with van der Waals surface area (Å²) in [6.45, 7) is 4.29. The number of benzene rings is 2. The lowest BCUT2D eigenvalue weighted by molar-refractivity contribution is -0.130. The zero-order valence-corrected chi connectivity index (χ0v) is 17.8. The van der Waals surface area contributed by atoms with E-state index in [-0.39, 0.29) is 18.4 Å². The number of fused-ring (bicyclic) bond motifs is 1. The Hall–Kier alpha value is -3.06. The number of amides is 2. The highest BCUT2D eigenvalue weighted by atomic mass is 16.5. The van der Waals surface area contributed by atoms with Crippen LogP contribution < -0.4 is 20.5 Å². The highest BCUT2D eigenvalue weighted by Gasteiger charge is 2.18. The number of rotatable bonds is 7. The van der Waals surface area contributed by atoms with E-state index in [1.807, 2.05) is 18.2 Å². The number of nitrogens with one attached hydrogen (secondary N) is 2. The molecule has 4 rings (SSSR count). The lowest BCUT2D eigenvalue weighted by Crippen LogP contribution is -2.48. The maximum Gasteiger partial charge on any atom is 0.276 e. The van der Waals surface area contributed by atoms with Gasteiger partial charge in [-0.2, -0.15) is 0 Å². The van der Waals surface area contributed by atoms with E-state index in [4.69, 9.17) is 4.74 Å². The van der Waals surface area contributed by atoms with Gasteiger partial charge in [-0.05, 0) is 54.7 Å². The molecule has 0 bridgehead atoms. The molecule has 0 atom stereocenters. The number of nitrogens with zero attached hydrogens (tertiary/aromatic N) is 2. The minimum atomic E-state index is -0.370. The number of piperazine rings is 1. The summed E-state index contributed by atoms with van der Waals surface area (Å²) in [5.41, 5.74) is 8.82. The second-order valence-electron chi connectivity index (χ2n) is 8.08. The Morgan fingerprint density at radius 3 is 2.42 bits per heavy atom. The van der Waals surface area contributed by atoms with E-state index in [9.17, 15) is 9.59 Å². The third kappa shape index (κ3) is 5.98. The van der Waals surface area contributed by atoms with Gasteiger partial charge in [0.2, 0.25) is 5.91 Å². The molecule has 2 N–H and O–H groups in total. The highest BCUT2D eigenvalue weighted by molar-refractivity contribution is 5.82. The molecule has 1 aliphatic carbocycles. The number of anilines is 1. The molecular formula is C24H30N4O3. The van der Waals surface area contributed by atoms with Crippen LogP contribution in [0.5, 0.6) is 5.75 Å². The third-order valence-electron chi connectivity index (χ3n) is 5.93. The predicted octanol–water partition coefficient (Wildman–Crippen LogP) is 1.91. The fourth-order valence-corrected chi connectivity index (χ4v) is 4.15. The first kappa shape index (κ1) is 21.2. The van der Waals surface area contributed by atoms with Crippen LogP contribution in [0.25, 0.3) is 0 Å². The molecule has 2 aromatic carbocycles. The molecule has 0 aromatic heterocycles. The summed E-state index contributed by atoms with van der Waals surface area (Å²) in [5.74, 6) is 0.124. The van der Waals surface area contributed by atoms with Crippen LogP contribution in [0.3, 0.4) is 0 Å². The van der Waals surface area contributed by atoms with Crippen molar-refractivity contribution in [3.8, 4) is 5.75 Å². The summed E-state index contributed by atoms with van der Waals surface area (Å²) in [6.07, 6.45) is 3.70. The van der Waals surface area contributed by atoms with E-state index < -0.39 is 0 Å². The summed E-state index contributed by atoms with van der Waals surface area (Å²) < 4.78 is 5.55. The summed E-state index contributed by atoms with van der Waals surface area (Å²) in [4.78, 5) is 28.7. The standard InChI is InChI=1S/C24H30N4O3/c29-23(11-12-27-13-15-28(16-14-27)21-7-2-1-3-8-21)25-26-24(30)18-31-22-10-9-19-5-4-6-20(19)17-22/h1-3,7-10,17H,4-6,11-16,18H2,(H,25,29)(H,26,30). The smallest absolute Gasteiger partial charge is 0.276 e. The van der Waals surface area contributed by atoms with Crippen LogP contribution in [0.15, 0.2) is 48.5 Å². The second-order valence-corrected chi connectivity index (χ2v) is 8.08. The van der Waals surface area contributed by atoms with Gasteiger partial charge in [0, 0.05) is 44.8 Å². The first-order chi connectivity index (χ1) is 15.2. The molecule has 7 heteroatoms. The zero-order valence-electron chi connectivity index (χ0n) is 17.8. The Morgan fingerprint density at radius 1 is 0.871 bits per heavy atom. The Bertz CT molecular complexity index is 895. The van der Waals surface area contributed by atoms with E-state index in [0.717, 1.165) is 39.0 Å². The van der Waals surface area contributed by atoms with Crippen LogP contribution in [0.2, 0.25) is 0 Å². The molecule has 7 nitrogen and oxygen atoms in total. The zero-order chi connectivity index (χ0) is 21.5. The molecule has 31 heavy (non-hydrogen) atoms. The van der Waals surface area contributed by atoms with Crippen molar-refractivity contribution in [3.63, 3.8) is 0 Å². The predicted molar refractivity (Wildman–Crippen MR) is 120 cm³/mol. The molecule has 1 saturated heterocycles. The fourth-order valence-electron chi connectivity index (χ4n) is 4.15. The minimum absolute atomic E-state index is 0.124. The van der Waals surface area contributed by atoms with E-state index in [1.165, 1.54) is 23.2 Å². The lowest BCUT2D eigenvalue weighted by atomic mass is 10.1. The van der Waals surface area contributed by atoms with Gasteiger partial charge >= 0.3 is 0 Å². The number of ether oxygens (including phenoxy) is 1. The average molecular weight is 423 g/mol. The van der Waals surface area contributed by atoms with Gasteiger partial charge in [-0.1, -0.05) is 24.3 Å². The Morgan fingerprint density at radius 2 is 1.61 bits per heavy atom. The largest absolute Gasteiger partial charge is 0.484 e. The van der Waals surface area contributed by atoms with Crippen molar-refractivity contribution < 1.29 is 14.3 Å². The lowest BCUT2D eigenvalue weighted by Gasteiger charge is -2.36. The topological polar surface area (TPSA) is 73.9 Å². The van der Waals surface area contributed by atoms with Gasteiger partial charge < -0.3 is 9.64 Å². The van der Waals surface area contributed by atoms with Crippen molar-refractivity contribution in [1.82, 2.24) is 15.8 Å². The monoisotopic (exact) mass is 422 g/mol. The maximum atomic E-state index is 12.1. The molecule has 0 spiro atoms. The number of para-hydroxylation sites is 1. The number of carbonyl (C=O) groups is 2. The molecule has 0 unspecified atom stereocenters. The summed E-state index contributed by atoms with van der Waals surface area (Å²) in [5, 5.41) is 0. The normalized spacial score (nSPS) is 15.9. The third-order valence-corrected chi connectivity index (χ3v) is 5.93. The summed E-state index contributed by atoms with van der Waals surface area (Å²) in [7, 11) is 0. The number of hydrazine groups is 1. The van der Waals surface area contributed by atoms with Gasteiger partial charge in [0.1, 0.15) is 5.75 Å². The van der Waals surface area contributed by atoms with E-state index in [0.29, 0.717) is 18.7 Å². The van der Waals surface area contributed by atoms with Gasteiger partial charge in [0.05, 0.1) is 0 Å². The van der Waals surface area contributed by atoms with Crippen LogP contribution in [-0.2, 0) is 22.4 Å². The average Bonchev–Trinajstić information content (AvgIpc) is 3.29. The molecule has 1 fully saturated rings. The van der Waals surface area contributed by atoms with Crippen molar-refractivity contribution in [3.05, 3.63) is 59.7 Å². The first-order valence-electron chi connectivity index (χ1n) is 11.0. The van der Waals surface area contributed by atoms with Gasteiger partial charge in [0.15, 0.2) is 6.61 Å². The van der Waals surface area contributed by atoms with Crippen molar-refractivity contribution >= 4 is 17.5 Å². The Labute approximate surface area is 183 Å². The van der Waals surface area contributed by atoms with Crippen molar-refractivity contribution in [2.24, 2.45) is 0 Å². The molecule has 2 amide bonds. The van der Waals surface area contributed by atoms with Gasteiger partial charge in [-0.25, -0.2) is 0 Å². The van der Waals surface area contributed by atoms with Crippen LogP contribution in [0.4, 0.5) is 5.69 Å². The quantitative estimate of drug-likeness (QED) is 0.667. The number of hydrogen-bond acceptors (Lipinski definition) is 5.